The van der Waals surface area contributed by atoms with Crippen molar-refractivity contribution < 1.29 is 19.1 Å². The number of hydrogen-bond donors (Lipinski definition) is 1. The Kier molecular flexibility index (Phi) is 5.31. The van der Waals surface area contributed by atoms with E-state index in [1.54, 1.807) is 7.11 Å². The van der Waals surface area contributed by atoms with Crippen LogP contribution in [0.3, 0.4) is 0 Å². The van der Waals surface area contributed by atoms with Gasteiger partial charge < -0.3 is 19.2 Å². The van der Waals surface area contributed by atoms with Gasteiger partial charge in [-0.15, -0.1) is 0 Å². The summed E-state index contributed by atoms with van der Waals surface area (Å²) >= 11 is 5.71. The van der Waals surface area contributed by atoms with Gasteiger partial charge in [0.25, 0.3) is 5.91 Å². The fourth-order valence-corrected chi connectivity index (χ4v) is 1.45. The van der Waals surface area contributed by atoms with Crippen molar-refractivity contribution >= 4 is 17.5 Å². The summed E-state index contributed by atoms with van der Waals surface area (Å²) in [4.78, 5) is 13.4. The second-order valence-electron chi connectivity index (χ2n) is 3.12. The maximum atomic E-state index is 11.9. The van der Waals surface area contributed by atoms with Gasteiger partial charge >= 0.3 is 0 Å². The maximum absolute atomic E-state index is 11.9. The molecule has 5 nitrogen and oxygen atoms in total. The van der Waals surface area contributed by atoms with E-state index < -0.39 is 0 Å². The predicted molar refractivity (Wildman–Crippen MR) is 58.6 cm³/mol. The Morgan fingerprint density at radius 2 is 2.38 bits per heavy atom. The lowest BCUT2D eigenvalue weighted by Gasteiger charge is -2.20. The summed E-state index contributed by atoms with van der Waals surface area (Å²) in [7, 11) is 1.55. The minimum atomic E-state index is -0.273. The molecule has 0 bridgehead atoms. The number of rotatable bonds is 6. The average Bonchev–Trinajstić information content (AvgIpc) is 2.69. The van der Waals surface area contributed by atoms with Crippen molar-refractivity contribution in [3.05, 3.63) is 23.1 Å². The molecule has 0 spiro atoms. The number of aliphatic hydroxyl groups is 1. The van der Waals surface area contributed by atoms with Crippen LogP contribution in [0, 0.1) is 0 Å². The molecule has 0 aliphatic rings. The van der Waals surface area contributed by atoms with Gasteiger partial charge in [-0.05, 0) is 17.7 Å². The molecule has 1 aromatic rings. The number of nitrogens with zero attached hydrogens (tertiary/aromatic N) is 1. The monoisotopic (exact) mass is 247 g/mol. The fraction of sp³-hybridized carbons (Fsp3) is 0.500. The Morgan fingerprint density at radius 3 is 2.88 bits per heavy atom. The van der Waals surface area contributed by atoms with Crippen molar-refractivity contribution in [3.63, 3.8) is 0 Å². The van der Waals surface area contributed by atoms with E-state index in [1.807, 2.05) is 0 Å². The largest absolute Gasteiger partial charge is 0.452 e. The maximum Gasteiger partial charge on any atom is 0.258 e. The van der Waals surface area contributed by atoms with E-state index >= 15 is 0 Å². The van der Waals surface area contributed by atoms with Crippen molar-refractivity contribution in [1.82, 2.24) is 4.90 Å². The summed E-state index contributed by atoms with van der Waals surface area (Å²) < 4.78 is 9.73. The quantitative estimate of drug-likeness (QED) is 0.815. The van der Waals surface area contributed by atoms with Crippen LogP contribution in [0.2, 0.25) is 5.22 Å². The van der Waals surface area contributed by atoms with Gasteiger partial charge in [0, 0.05) is 20.2 Å². The lowest BCUT2D eigenvalue weighted by Crippen LogP contribution is -2.36. The smallest absolute Gasteiger partial charge is 0.258 e. The zero-order valence-electron chi connectivity index (χ0n) is 8.98. The number of ether oxygens (including phenoxy) is 1. The van der Waals surface area contributed by atoms with Crippen LogP contribution in [0.25, 0.3) is 0 Å². The Morgan fingerprint density at radius 1 is 1.62 bits per heavy atom. The Balaban J connectivity index is 2.70. The molecular weight excluding hydrogens is 234 g/mol. The molecule has 0 unspecified atom stereocenters. The Labute approximate surface area is 98.5 Å². The molecule has 0 radical (unpaired) electrons. The molecule has 0 aliphatic heterocycles. The van der Waals surface area contributed by atoms with Crippen molar-refractivity contribution in [2.75, 3.05) is 33.4 Å². The van der Waals surface area contributed by atoms with Crippen LogP contribution in [-0.4, -0.2) is 49.3 Å². The van der Waals surface area contributed by atoms with Gasteiger partial charge in [0.1, 0.15) is 0 Å². The van der Waals surface area contributed by atoms with Crippen LogP contribution < -0.4 is 0 Å². The van der Waals surface area contributed by atoms with Gasteiger partial charge in [0.2, 0.25) is 5.22 Å². The molecule has 0 saturated carbocycles. The van der Waals surface area contributed by atoms with Crippen LogP contribution >= 0.6 is 11.6 Å². The second kappa shape index (κ2) is 6.52. The lowest BCUT2D eigenvalue weighted by atomic mass is 10.3. The molecule has 1 heterocycles. The van der Waals surface area contributed by atoms with Gasteiger partial charge in [0.15, 0.2) is 0 Å². The summed E-state index contributed by atoms with van der Waals surface area (Å²) in [5.41, 5.74) is 0.297. The first-order valence-corrected chi connectivity index (χ1v) is 5.20. The number of carbonyl (C=O) groups excluding carboxylic acids is 1. The molecule has 0 saturated heterocycles. The highest BCUT2D eigenvalue weighted by molar-refractivity contribution is 6.32. The zero-order valence-corrected chi connectivity index (χ0v) is 9.74. The van der Waals surface area contributed by atoms with Crippen molar-refractivity contribution in [2.45, 2.75) is 0 Å². The van der Waals surface area contributed by atoms with E-state index in [-0.39, 0.29) is 24.3 Å². The number of carbonyl (C=O) groups is 1. The molecule has 16 heavy (non-hydrogen) atoms. The van der Waals surface area contributed by atoms with Crippen LogP contribution in [0.15, 0.2) is 16.7 Å². The first kappa shape index (κ1) is 13.0. The third kappa shape index (κ3) is 3.23. The Bertz CT molecular complexity index is 339. The third-order valence-corrected chi connectivity index (χ3v) is 2.36. The van der Waals surface area contributed by atoms with Gasteiger partial charge in [-0.3, -0.25) is 4.79 Å². The summed E-state index contributed by atoms with van der Waals surface area (Å²) in [5.74, 6) is -0.273. The third-order valence-electron chi connectivity index (χ3n) is 2.07. The summed E-state index contributed by atoms with van der Waals surface area (Å²) in [5, 5.41) is 8.92. The molecule has 1 aromatic heterocycles. The number of furan rings is 1. The van der Waals surface area contributed by atoms with Gasteiger partial charge in [0.05, 0.1) is 25.0 Å². The summed E-state index contributed by atoms with van der Waals surface area (Å²) in [6, 6.07) is 1.50. The van der Waals surface area contributed by atoms with Crippen LogP contribution in [-0.2, 0) is 4.74 Å². The van der Waals surface area contributed by atoms with Gasteiger partial charge in [-0.25, -0.2) is 0 Å². The SMILES string of the molecule is COCCN(CCO)C(=O)c1ccoc1Cl. The molecule has 1 N–H and O–H groups in total. The molecule has 1 amide bonds. The van der Waals surface area contributed by atoms with Crippen LogP contribution in [0.1, 0.15) is 10.4 Å². The number of halogens is 1. The van der Waals surface area contributed by atoms with Crippen LogP contribution in [0.5, 0.6) is 0 Å². The zero-order chi connectivity index (χ0) is 12.0. The topological polar surface area (TPSA) is 62.9 Å². The number of amides is 1. The van der Waals surface area contributed by atoms with E-state index in [9.17, 15) is 4.79 Å². The Hall–Kier alpha value is -1.04. The predicted octanol–water partition coefficient (Wildman–Crippen LogP) is 1.01. The fourth-order valence-electron chi connectivity index (χ4n) is 1.25. The molecule has 1 rings (SSSR count). The summed E-state index contributed by atoms with van der Waals surface area (Å²) in [6.07, 6.45) is 1.35. The van der Waals surface area contributed by atoms with Gasteiger partial charge in [-0.2, -0.15) is 0 Å². The standard InChI is InChI=1S/C10H14ClNO4/c1-15-7-4-12(3-5-13)10(14)8-2-6-16-9(8)11/h2,6,13H,3-5,7H2,1H3. The average molecular weight is 248 g/mol. The number of hydrogen-bond acceptors (Lipinski definition) is 4. The molecule has 6 heteroatoms. The minimum Gasteiger partial charge on any atom is -0.452 e. The van der Waals surface area contributed by atoms with E-state index in [4.69, 9.17) is 25.9 Å². The highest BCUT2D eigenvalue weighted by atomic mass is 35.5. The minimum absolute atomic E-state index is 0.0605. The van der Waals surface area contributed by atoms with E-state index in [0.717, 1.165) is 0 Å². The first-order valence-electron chi connectivity index (χ1n) is 4.82. The second-order valence-corrected chi connectivity index (χ2v) is 3.46. The molecule has 90 valence electrons. The number of methoxy groups -OCH3 is 1. The molecular formula is C10H14ClNO4. The first-order chi connectivity index (χ1) is 7.70. The molecule has 0 fully saturated rings. The van der Waals surface area contributed by atoms with Gasteiger partial charge in [-0.1, -0.05) is 0 Å². The molecule has 0 aliphatic carbocycles. The lowest BCUT2D eigenvalue weighted by molar-refractivity contribution is 0.0656. The van der Waals surface area contributed by atoms with Crippen molar-refractivity contribution in [1.29, 1.82) is 0 Å². The van der Waals surface area contributed by atoms with E-state index in [1.165, 1.54) is 17.2 Å². The van der Waals surface area contributed by atoms with Crippen molar-refractivity contribution in [2.24, 2.45) is 0 Å². The van der Waals surface area contributed by atoms with Crippen LogP contribution in [0.4, 0.5) is 0 Å². The molecule has 0 aromatic carbocycles. The summed E-state index contributed by atoms with van der Waals surface area (Å²) in [6.45, 7) is 0.938. The normalized spacial score (nSPS) is 10.4. The van der Waals surface area contributed by atoms with E-state index in [0.29, 0.717) is 18.7 Å². The highest BCUT2D eigenvalue weighted by Crippen LogP contribution is 2.18. The van der Waals surface area contributed by atoms with E-state index in [2.05, 4.69) is 0 Å². The van der Waals surface area contributed by atoms with Crippen molar-refractivity contribution in [3.8, 4) is 0 Å². The highest BCUT2D eigenvalue weighted by Gasteiger charge is 2.19. The number of aliphatic hydroxyl groups excluding tert-OH is 1. The molecule has 0 atom stereocenters.